The van der Waals surface area contributed by atoms with Crippen LogP contribution in [0.2, 0.25) is 0 Å². The van der Waals surface area contributed by atoms with Crippen LogP contribution in [0, 0.1) is 33.8 Å². The molecule has 2 bridgehead atoms. The first-order valence-corrected chi connectivity index (χ1v) is 8.99. The molecule has 1 N–H and O–H groups in total. The molecular formula is C19H19N3O5. The SMILES string of the molecule is C[C@H](C(=O)Nc1ccccc1[N+](=O)[O-])N1C(=O)[C@@H]2[C@@H](C1=O)[C@H]1C=C[C@H]2CC1. The highest BCUT2D eigenvalue weighted by Crippen LogP contribution is 2.50. The molecule has 4 aliphatic rings. The molecule has 1 aliphatic heterocycles. The Morgan fingerprint density at radius 3 is 2.22 bits per heavy atom. The standard InChI is InChI=1S/C19H19N3O5/c1-10(17(23)20-13-4-2-3-5-14(13)22(26)27)21-18(24)15-11-6-7-12(9-8-11)16(15)19(21)25/h2-7,10-12,15-16H,8-9H2,1H3,(H,20,23)/t10-,11+,12+,15+,16+/m1/s1. The number of likely N-dealkylation sites (tertiary alicyclic amines) is 1. The molecule has 1 heterocycles. The van der Waals surface area contributed by atoms with Gasteiger partial charge in [-0.05, 0) is 37.7 Å². The summed E-state index contributed by atoms with van der Waals surface area (Å²) in [5.74, 6) is -1.92. The quantitative estimate of drug-likeness (QED) is 0.378. The van der Waals surface area contributed by atoms with Gasteiger partial charge in [-0.25, -0.2) is 0 Å². The number of fused-ring (bicyclic) bond motifs is 1. The van der Waals surface area contributed by atoms with Crippen LogP contribution in [-0.2, 0) is 14.4 Å². The highest BCUT2D eigenvalue weighted by molar-refractivity contribution is 6.10. The minimum atomic E-state index is -1.03. The van der Waals surface area contributed by atoms with Crippen LogP contribution in [0.3, 0.4) is 0 Å². The monoisotopic (exact) mass is 369 g/mol. The topological polar surface area (TPSA) is 110 Å². The van der Waals surface area contributed by atoms with E-state index >= 15 is 0 Å². The lowest BCUT2D eigenvalue weighted by atomic mass is 9.63. The number of nitrogens with one attached hydrogen (secondary N) is 1. The Morgan fingerprint density at radius 2 is 1.70 bits per heavy atom. The fourth-order valence-electron chi connectivity index (χ4n) is 4.57. The molecule has 3 amide bonds. The summed E-state index contributed by atoms with van der Waals surface area (Å²) in [5, 5.41) is 13.6. The molecule has 140 valence electrons. The first kappa shape index (κ1) is 17.4. The Balaban J connectivity index is 1.56. The smallest absolute Gasteiger partial charge is 0.292 e. The normalized spacial score (nSPS) is 29.6. The fourth-order valence-corrected chi connectivity index (χ4v) is 4.57. The third kappa shape index (κ3) is 2.63. The zero-order valence-corrected chi connectivity index (χ0v) is 14.7. The molecule has 5 rings (SSSR count). The molecule has 8 heteroatoms. The summed E-state index contributed by atoms with van der Waals surface area (Å²) < 4.78 is 0. The van der Waals surface area contributed by atoms with Gasteiger partial charge in [0.05, 0.1) is 16.8 Å². The van der Waals surface area contributed by atoms with E-state index in [1.165, 1.54) is 25.1 Å². The average Bonchev–Trinajstić information content (AvgIpc) is 2.95. The number of anilines is 1. The molecule has 0 spiro atoms. The van der Waals surface area contributed by atoms with Crippen LogP contribution in [0.1, 0.15) is 19.8 Å². The van der Waals surface area contributed by atoms with Crippen LogP contribution in [0.25, 0.3) is 0 Å². The number of carbonyl (C=O) groups excluding carboxylic acids is 3. The van der Waals surface area contributed by atoms with Crippen molar-refractivity contribution in [3.63, 3.8) is 0 Å². The molecule has 0 unspecified atom stereocenters. The van der Waals surface area contributed by atoms with Crippen molar-refractivity contribution >= 4 is 29.1 Å². The zero-order valence-electron chi connectivity index (χ0n) is 14.7. The van der Waals surface area contributed by atoms with Gasteiger partial charge in [0.25, 0.3) is 5.69 Å². The van der Waals surface area contributed by atoms with Gasteiger partial charge in [-0.15, -0.1) is 0 Å². The minimum absolute atomic E-state index is 0.0394. The van der Waals surface area contributed by atoms with Gasteiger partial charge in [0.15, 0.2) is 0 Å². The number of para-hydroxylation sites is 2. The molecule has 2 fully saturated rings. The molecule has 3 aliphatic carbocycles. The Kier molecular flexibility index (Phi) is 4.05. The van der Waals surface area contributed by atoms with E-state index in [0.717, 1.165) is 17.7 Å². The molecule has 8 nitrogen and oxygen atoms in total. The summed E-state index contributed by atoms with van der Waals surface area (Å²) in [6.07, 6.45) is 5.79. The van der Waals surface area contributed by atoms with Crippen LogP contribution >= 0.6 is 0 Å². The number of hydrogen-bond donors (Lipinski definition) is 1. The number of imide groups is 1. The number of nitro groups is 1. The van der Waals surface area contributed by atoms with Gasteiger partial charge >= 0.3 is 0 Å². The number of rotatable bonds is 4. The second-order valence-electron chi connectivity index (χ2n) is 7.33. The minimum Gasteiger partial charge on any atom is -0.319 e. The molecule has 1 aromatic carbocycles. The molecule has 1 saturated heterocycles. The van der Waals surface area contributed by atoms with E-state index in [4.69, 9.17) is 0 Å². The lowest BCUT2D eigenvalue weighted by Gasteiger charge is -2.38. The lowest BCUT2D eigenvalue weighted by Crippen LogP contribution is -2.46. The molecule has 0 radical (unpaired) electrons. The van der Waals surface area contributed by atoms with Crippen molar-refractivity contribution in [1.82, 2.24) is 4.90 Å². The van der Waals surface area contributed by atoms with Crippen molar-refractivity contribution < 1.29 is 19.3 Å². The Bertz CT molecular complexity index is 848. The summed E-state index contributed by atoms with van der Waals surface area (Å²) in [6, 6.07) is 4.73. The van der Waals surface area contributed by atoms with Gasteiger partial charge in [0.2, 0.25) is 17.7 Å². The first-order valence-electron chi connectivity index (χ1n) is 8.99. The molecule has 0 aromatic heterocycles. The van der Waals surface area contributed by atoms with Gasteiger partial charge in [-0.3, -0.25) is 29.4 Å². The van der Waals surface area contributed by atoms with Gasteiger partial charge < -0.3 is 5.32 Å². The maximum atomic E-state index is 12.9. The van der Waals surface area contributed by atoms with Crippen molar-refractivity contribution in [3.8, 4) is 0 Å². The number of nitro benzene ring substituents is 1. The maximum absolute atomic E-state index is 12.9. The Labute approximate surface area is 155 Å². The lowest BCUT2D eigenvalue weighted by molar-refractivity contribution is -0.383. The van der Waals surface area contributed by atoms with E-state index in [-0.39, 0.29) is 46.9 Å². The predicted molar refractivity (Wildman–Crippen MR) is 95.4 cm³/mol. The van der Waals surface area contributed by atoms with Gasteiger partial charge in [0, 0.05) is 6.07 Å². The summed E-state index contributed by atoms with van der Waals surface area (Å²) in [5.41, 5.74) is -0.203. The maximum Gasteiger partial charge on any atom is 0.292 e. The van der Waals surface area contributed by atoms with E-state index in [0.29, 0.717) is 0 Å². The molecule has 1 saturated carbocycles. The number of amides is 3. The third-order valence-electron chi connectivity index (χ3n) is 5.92. The van der Waals surface area contributed by atoms with Gasteiger partial charge in [-0.2, -0.15) is 0 Å². The molecule has 5 atom stereocenters. The average molecular weight is 369 g/mol. The number of hydrogen-bond acceptors (Lipinski definition) is 5. The predicted octanol–water partition coefficient (Wildman–Crippen LogP) is 2.12. The number of benzene rings is 1. The van der Waals surface area contributed by atoms with Crippen LogP contribution in [0.4, 0.5) is 11.4 Å². The fraction of sp³-hybridized carbons (Fsp3) is 0.421. The van der Waals surface area contributed by atoms with Crippen molar-refractivity contribution in [3.05, 3.63) is 46.5 Å². The summed E-state index contributed by atoms with van der Waals surface area (Å²) >= 11 is 0. The highest BCUT2D eigenvalue weighted by atomic mass is 16.6. The van der Waals surface area contributed by atoms with E-state index in [1.54, 1.807) is 6.07 Å². The van der Waals surface area contributed by atoms with Crippen LogP contribution in [-0.4, -0.2) is 33.6 Å². The summed E-state index contributed by atoms with van der Waals surface area (Å²) in [6.45, 7) is 1.48. The second-order valence-corrected chi connectivity index (χ2v) is 7.33. The van der Waals surface area contributed by atoms with Crippen molar-refractivity contribution in [2.24, 2.45) is 23.7 Å². The van der Waals surface area contributed by atoms with E-state index in [9.17, 15) is 24.5 Å². The van der Waals surface area contributed by atoms with E-state index in [2.05, 4.69) is 5.32 Å². The zero-order chi connectivity index (χ0) is 19.3. The Hall–Kier alpha value is -3.03. The van der Waals surface area contributed by atoms with Crippen molar-refractivity contribution in [2.45, 2.75) is 25.8 Å². The van der Waals surface area contributed by atoms with Gasteiger partial charge in [0.1, 0.15) is 11.7 Å². The number of carbonyl (C=O) groups is 3. The van der Waals surface area contributed by atoms with Crippen LogP contribution < -0.4 is 5.32 Å². The third-order valence-corrected chi connectivity index (χ3v) is 5.92. The highest BCUT2D eigenvalue weighted by Gasteiger charge is 2.58. The van der Waals surface area contributed by atoms with E-state index < -0.39 is 16.9 Å². The van der Waals surface area contributed by atoms with Crippen LogP contribution in [0.5, 0.6) is 0 Å². The molecular weight excluding hydrogens is 350 g/mol. The summed E-state index contributed by atoms with van der Waals surface area (Å²) in [7, 11) is 0. The van der Waals surface area contributed by atoms with Crippen molar-refractivity contribution in [1.29, 1.82) is 0 Å². The first-order chi connectivity index (χ1) is 12.9. The second kappa shape index (κ2) is 6.29. The van der Waals surface area contributed by atoms with Gasteiger partial charge in [-0.1, -0.05) is 24.3 Å². The molecule has 27 heavy (non-hydrogen) atoms. The largest absolute Gasteiger partial charge is 0.319 e. The Morgan fingerprint density at radius 1 is 1.15 bits per heavy atom. The van der Waals surface area contributed by atoms with Crippen molar-refractivity contribution in [2.75, 3.05) is 5.32 Å². The summed E-state index contributed by atoms with van der Waals surface area (Å²) in [4.78, 5) is 50.0. The number of allylic oxidation sites excluding steroid dienone is 2. The van der Waals surface area contributed by atoms with E-state index in [1.807, 2.05) is 12.2 Å². The molecule has 1 aromatic rings. The van der Waals surface area contributed by atoms with Crippen LogP contribution in [0.15, 0.2) is 36.4 Å². The number of nitrogens with zero attached hydrogens (tertiary/aromatic N) is 2.